The van der Waals surface area contributed by atoms with E-state index in [0.717, 1.165) is 0 Å². The molecular formula is C9H13ClN2O. The second kappa shape index (κ2) is 4.44. The maximum absolute atomic E-state index is 9.23. The van der Waals surface area contributed by atoms with E-state index < -0.39 is 6.10 Å². The Labute approximate surface area is 82.8 Å². The molecule has 1 heterocycles. The van der Waals surface area contributed by atoms with Crippen LogP contribution in [0.3, 0.4) is 0 Å². The van der Waals surface area contributed by atoms with Crippen LogP contribution in [0.15, 0.2) is 18.2 Å². The first-order chi connectivity index (χ1) is 6.09. The van der Waals surface area contributed by atoms with Crippen molar-refractivity contribution in [3.8, 4) is 0 Å². The van der Waals surface area contributed by atoms with Crippen LogP contribution in [0, 0.1) is 0 Å². The third-order valence-corrected chi connectivity index (χ3v) is 2.02. The zero-order valence-corrected chi connectivity index (χ0v) is 8.42. The summed E-state index contributed by atoms with van der Waals surface area (Å²) in [5.74, 6) is 0.681. The van der Waals surface area contributed by atoms with E-state index in [0.29, 0.717) is 11.0 Å². The molecule has 1 rings (SSSR count). The summed E-state index contributed by atoms with van der Waals surface area (Å²) in [5.41, 5.74) is 0. The summed E-state index contributed by atoms with van der Waals surface area (Å²) in [4.78, 5) is 4.04. The van der Waals surface area contributed by atoms with Crippen LogP contribution in [0.4, 0.5) is 5.82 Å². The van der Waals surface area contributed by atoms with Crippen LogP contribution in [0.1, 0.15) is 13.8 Å². The number of nitrogens with one attached hydrogen (secondary N) is 1. The standard InChI is InChI=1S/C9H13ClN2O/c1-6(7(2)13)11-9-5-3-4-8(10)12-9/h3-7,13H,1-2H3,(H,11,12). The second-order valence-corrected chi connectivity index (χ2v) is 3.41. The highest BCUT2D eigenvalue weighted by atomic mass is 35.5. The van der Waals surface area contributed by atoms with Crippen LogP contribution in [-0.4, -0.2) is 22.2 Å². The van der Waals surface area contributed by atoms with Crippen LogP contribution in [0.5, 0.6) is 0 Å². The molecule has 0 saturated heterocycles. The van der Waals surface area contributed by atoms with Crippen LogP contribution >= 0.6 is 11.6 Å². The van der Waals surface area contributed by atoms with Gasteiger partial charge in [-0.15, -0.1) is 0 Å². The van der Waals surface area contributed by atoms with Crippen LogP contribution in [0.25, 0.3) is 0 Å². The predicted octanol–water partition coefficient (Wildman–Crippen LogP) is 1.92. The lowest BCUT2D eigenvalue weighted by Crippen LogP contribution is -2.28. The Morgan fingerprint density at radius 2 is 2.15 bits per heavy atom. The maximum atomic E-state index is 9.23. The van der Waals surface area contributed by atoms with Crippen LogP contribution < -0.4 is 5.32 Å². The predicted molar refractivity (Wildman–Crippen MR) is 54.0 cm³/mol. The van der Waals surface area contributed by atoms with Gasteiger partial charge in [-0.05, 0) is 26.0 Å². The van der Waals surface area contributed by atoms with Crippen LogP contribution in [0.2, 0.25) is 5.15 Å². The molecular weight excluding hydrogens is 188 g/mol. The highest BCUT2D eigenvalue weighted by Gasteiger charge is 2.08. The molecule has 2 N–H and O–H groups in total. The van der Waals surface area contributed by atoms with Gasteiger partial charge in [-0.1, -0.05) is 17.7 Å². The summed E-state index contributed by atoms with van der Waals surface area (Å²) in [7, 11) is 0. The molecule has 4 heteroatoms. The van der Waals surface area contributed by atoms with E-state index in [2.05, 4.69) is 10.3 Å². The maximum Gasteiger partial charge on any atom is 0.131 e. The fourth-order valence-electron chi connectivity index (χ4n) is 0.843. The van der Waals surface area contributed by atoms with E-state index in [1.165, 1.54) is 0 Å². The molecule has 0 aliphatic heterocycles. The fourth-order valence-corrected chi connectivity index (χ4v) is 1.01. The molecule has 0 aliphatic rings. The lowest BCUT2D eigenvalue weighted by atomic mass is 10.2. The van der Waals surface area contributed by atoms with Crippen molar-refractivity contribution < 1.29 is 5.11 Å². The molecule has 3 nitrogen and oxygen atoms in total. The molecule has 0 spiro atoms. The van der Waals surface area contributed by atoms with Gasteiger partial charge in [0.2, 0.25) is 0 Å². The van der Waals surface area contributed by atoms with Gasteiger partial charge in [0.15, 0.2) is 0 Å². The number of nitrogens with zero attached hydrogens (tertiary/aromatic N) is 1. The highest BCUT2D eigenvalue weighted by molar-refractivity contribution is 6.29. The molecule has 13 heavy (non-hydrogen) atoms. The van der Waals surface area contributed by atoms with E-state index >= 15 is 0 Å². The number of pyridine rings is 1. The molecule has 0 radical (unpaired) electrons. The van der Waals surface area contributed by atoms with Gasteiger partial charge < -0.3 is 10.4 Å². The molecule has 0 fully saturated rings. The Morgan fingerprint density at radius 1 is 1.46 bits per heavy atom. The molecule has 72 valence electrons. The summed E-state index contributed by atoms with van der Waals surface area (Å²) >= 11 is 5.69. The van der Waals surface area contributed by atoms with Crippen molar-refractivity contribution >= 4 is 17.4 Å². The van der Waals surface area contributed by atoms with E-state index in [1.807, 2.05) is 19.1 Å². The molecule has 2 atom stereocenters. The van der Waals surface area contributed by atoms with Crippen molar-refractivity contribution in [3.05, 3.63) is 23.4 Å². The van der Waals surface area contributed by atoms with Gasteiger partial charge in [-0.2, -0.15) is 0 Å². The van der Waals surface area contributed by atoms with Gasteiger partial charge >= 0.3 is 0 Å². The number of hydrogen-bond acceptors (Lipinski definition) is 3. The Kier molecular flexibility index (Phi) is 3.51. The Balaban J connectivity index is 2.64. The zero-order chi connectivity index (χ0) is 9.84. The van der Waals surface area contributed by atoms with Crippen molar-refractivity contribution in [2.75, 3.05) is 5.32 Å². The normalized spacial score (nSPS) is 15.1. The molecule has 1 aromatic rings. The zero-order valence-electron chi connectivity index (χ0n) is 7.66. The number of hydrogen-bond donors (Lipinski definition) is 2. The molecule has 0 aromatic carbocycles. The van der Waals surface area contributed by atoms with Crippen molar-refractivity contribution in [2.45, 2.75) is 26.0 Å². The van der Waals surface area contributed by atoms with E-state index in [9.17, 15) is 5.11 Å². The van der Waals surface area contributed by atoms with E-state index in [1.54, 1.807) is 13.0 Å². The van der Waals surface area contributed by atoms with E-state index in [4.69, 9.17) is 11.6 Å². The fraction of sp³-hybridized carbons (Fsp3) is 0.444. The largest absolute Gasteiger partial charge is 0.391 e. The lowest BCUT2D eigenvalue weighted by Gasteiger charge is -2.16. The first-order valence-electron chi connectivity index (χ1n) is 4.17. The van der Waals surface area contributed by atoms with Gasteiger partial charge in [0.1, 0.15) is 11.0 Å². The van der Waals surface area contributed by atoms with Crippen molar-refractivity contribution in [2.24, 2.45) is 0 Å². The van der Waals surface area contributed by atoms with Crippen molar-refractivity contribution in [3.63, 3.8) is 0 Å². The molecule has 2 unspecified atom stereocenters. The summed E-state index contributed by atoms with van der Waals surface area (Å²) in [6.07, 6.45) is -0.416. The first-order valence-corrected chi connectivity index (χ1v) is 4.54. The summed E-state index contributed by atoms with van der Waals surface area (Å²) in [6.45, 7) is 3.61. The van der Waals surface area contributed by atoms with E-state index in [-0.39, 0.29) is 6.04 Å². The minimum atomic E-state index is -0.416. The number of aromatic nitrogens is 1. The average molecular weight is 201 g/mol. The smallest absolute Gasteiger partial charge is 0.131 e. The number of halogens is 1. The van der Waals surface area contributed by atoms with Gasteiger partial charge in [-0.3, -0.25) is 0 Å². The monoisotopic (exact) mass is 200 g/mol. The average Bonchev–Trinajstić information content (AvgIpc) is 2.04. The SMILES string of the molecule is CC(O)C(C)Nc1cccc(Cl)n1. The lowest BCUT2D eigenvalue weighted by molar-refractivity contribution is 0.177. The Hall–Kier alpha value is -0.800. The topological polar surface area (TPSA) is 45.1 Å². The van der Waals surface area contributed by atoms with Gasteiger partial charge in [-0.25, -0.2) is 4.98 Å². The number of aliphatic hydroxyl groups excluding tert-OH is 1. The number of aliphatic hydroxyl groups is 1. The molecule has 0 aliphatic carbocycles. The van der Waals surface area contributed by atoms with Crippen molar-refractivity contribution in [1.82, 2.24) is 4.98 Å². The first kappa shape index (κ1) is 10.3. The molecule has 1 aromatic heterocycles. The highest BCUT2D eigenvalue weighted by Crippen LogP contribution is 2.10. The number of rotatable bonds is 3. The summed E-state index contributed by atoms with van der Waals surface area (Å²) in [5, 5.41) is 12.7. The quantitative estimate of drug-likeness (QED) is 0.733. The van der Waals surface area contributed by atoms with Crippen LogP contribution in [-0.2, 0) is 0 Å². The third-order valence-electron chi connectivity index (χ3n) is 1.81. The molecule has 0 saturated carbocycles. The van der Waals surface area contributed by atoms with Gasteiger partial charge in [0.25, 0.3) is 0 Å². The minimum Gasteiger partial charge on any atom is -0.391 e. The van der Waals surface area contributed by atoms with Gasteiger partial charge in [0.05, 0.1) is 12.1 Å². The molecule has 0 amide bonds. The Bertz CT molecular complexity index is 278. The molecule has 0 bridgehead atoms. The van der Waals surface area contributed by atoms with Gasteiger partial charge in [0, 0.05) is 0 Å². The minimum absolute atomic E-state index is 0.0361. The number of anilines is 1. The Morgan fingerprint density at radius 3 is 2.69 bits per heavy atom. The van der Waals surface area contributed by atoms with Crippen molar-refractivity contribution in [1.29, 1.82) is 0 Å². The third kappa shape index (κ3) is 3.20. The summed E-state index contributed by atoms with van der Waals surface area (Å²) in [6, 6.07) is 5.29. The summed E-state index contributed by atoms with van der Waals surface area (Å²) < 4.78 is 0. The second-order valence-electron chi connectivity index (χ2n) is 3.02.